The van der Waals surface area contributed by atoms with Gasteiger partial charge < -0.3 is 9.73 Å². The van der Waals surface area contributed by atoms with Crippen LogP contribution in [0.3, 0.4) is 0 Å². The third kappa shape index (κ3) is 3.83. The normalized spacial score (nSPS) is 11.0. The average Bonchev–Trinajstić information content (AvgIpc) is 2.80. The number of nitrogens with one attached hydrogen (secondary N) is 2. The molecule has 0 aliphatic heterocycles. The highest BCUT2D eigenvalue weighted by atomic mass is 32.2. The molecular formula is C11H10N2O5S. The van der Waals surface area contributed by atoms with Gasteiger partial charge in [0.15, 0.2) is 5.76 Å². The molecule has 0 bridgehead atoms. The van der Waals surface area contributed by atoms with Crippen LogP contribution >= 0.6 is 0 Å². The van der Waals surface area contributed by atoms with E-state index in [2.05, 4.69) is 5.32 Å². The Morgan fingerprint density at radius 2 is 1.89 bits per heavy atom. The molecule has 0 aliphatic carbocycles. The Kier molecular flexibility index (Phi) is 3.54. The lowest BCUT2D eigenvalue weighted by atomic mass is 10.3. The smallest absolute Gasteiger partial charge is 0.357 e. The van der Waals surface area contributed by atoms with Crippen molar-refractivity contribution in [1.29, 1.82) is 0 Å². The maximum Gasteiger partial charge on any atom is 0.357 e. The molecular weight excluding hydrogens is 272 g/mol. The summed E-state index contributed by atoms with van der Waals surface area (Å²) < 4.78 is 36.8. The van der Waals surface area contributed by atoms with Crippen LogP contribution in [0.1, 0.15) is 10.6 Å². The Morgan fingerprint density at radius 3 is 2.53 bits per heavy atom. The van der Waals surface area contributed by atoms with Crippen LogP contribution < -0.4 is 10.0 Å². The third-order valence-corrected chi connectivity index (χ3v) is 2.61. The van der Waals surface area contributed by atoms with E-state index in [0.29, 0.717) is 5.69 Å². The van der Waals surface area contributed by atoms with Crippen molar-refractivity contribution < 1.29 is 22.2 Å². The van der Waals surface area contributed by atoms with Gasteiger partial charge in [-0.3, -0.25) is 14.1 Å². The summed E-state index contributed by atoms with van der Waals surface area (Å²) in [7, 11) is -4.35. The van der Waals surface area contributed by atoms with Gasteiger partial charge in [0.2, 0.25) is 0 Å². The molecule has 0 atom stereocenters. The van der Waals surface area contributed by atoms with Crippen molar-refractivity contribution in [1.82, 2.24) is 0 Å². The van der Waals surface area contributed by atoms with Crippen molar-refractivity contribution in [2.75, 3.05) is 10.0 Å². The minimum Gasteiger partial charge on any atom is -0.459 e. The van der Waals surface area contributed by atoms with Crippen LogP contribution in [0.15, 0.2) is 47.1 Å². The van der Waals surface area contributed by atoms with E-state index in [-0.39, 0.29) is 11.4 Å². The van der Waals surface area contributed by atoms with Gasteiger partial charge in [0.05, 0.1) is 12.0 Å². The monoisotopic (exact) mass is 282 g/mol. The lowest BCUT2D eigenvalue weighted by Gasteiger charge is -2.06. The minimum atomic E-state index is -4.35. The fourth-order valence-electron chi connectivity index (χ4n) is 1.41. The van der Waals surface area contributed by atoms with E-state index in [9.17, 15) is 13.2 Å². The Hall–Kier alpha value is -2.32. The van der Waals surface area contributed by atoms with E-state index >= 15 is 0 Å². The first-order valence-electron chi connectivity index (χ1n) is 5.14. The fourth-order valence-corrected chi connectivity index (χ4v) is 1.83. The van der Waals surface area contributed by atoms with Crippen molar-refractivity contribution in [2.45, 2.75) is 0 Å². The summed E-state index contributed by atoms with van der Waals surface area (Å²) in [5.74, 6) is -0.331. The quantitative estimate of drug-likeness (QED) is 0.740. The largest absolute Gasteiger partial charge is 0.459 e. The number of benzene rings is 1. The molecule has 0 saturated heterocycles. The number of furan rings is 1. The van der Waals surface area contributed by atoms with Gasteiger partial charge in [-0.15, -0.1) is 0 Å². The Labute approximate surface area is 109 Å². The van der Waals surface area contributed by atoms with Gasteiger partial charge in [0.25, 0.3) is 5.91 Å². The predicted octanol–water partition coefficient (Wildman–Crippen LogP) is 1.75. The first kappa shape index (κ1) is 13.1. The highest BCUT2D eigenvalue weighted by Gasteiger charge is 2.09. The molecule has 0 radical (unpaired) electrons. The predicted molar refractivity (Wildman–Crippen MR) is 68.3 cm³/mol. The SMILES string of the molecule is O=C(Nc1cccc(NS(=O)(=O)O)c1)c1ccco1. The van der Waals surface area contributed by atoms with Crippen LogP contribution in [0.25, 0.3) is 0 Å². The second-order valence-corrected chi connectivity index (χ2v) is 4.74. The first-order valence-corrected chi connectivity index (χ1v) is 6.58. The molecule has 2 rings (SSSR count). The van der Waals surface area contributed by atoms with Crippen LogP contribution in [0.5, 0.6) is 0 Å². The lowest BCUT2D eigenvalue weighted by molar-refractivity contribution is 0.0996. The number of rotatable bonds is 4. The molecule has 0 saturated carbocycles. The van der Waals surface area contributed by atoms with E-state index in [1.165, 1.54) is 30.5 Å². The summed E-state index contributed by atoms with van der Waals surface area (Å²) in [5.41, 5.74) is 0.481. The number of carbonyl (C=O) groups excluding carboxylic acids is 1. The highest BCUT2D eigenvalue weighted by molar-refractivity contribution is 7.87. The molecule has 19 heavy (non-hydrogen) atoms. The van der Waals surface area contributed by atoms with Crippen LogP contribution in [0.4, 0.5) is 11.4 Å². The van der Waals surface area contributed by atoms with Gasteiger partial charge >= 0.3 is 10.3 Å². The molecule has 1 aromatic carbocycles. The van der Waals surface area contributed by atoms with Crippen LogP contribution in [0.2, 0.25) is 0 Å². The molecule has 100 valence electrons. The maximum absolute atomic E-state index is 11.7. The summed E-state index contributed by atoms with van der Waals surface area (Å²) in [4.78, 5) is 11.7. The van der Waals surface area contributed by atoms with E-state index in [1.54, 1.807) is 12.1 Å². The number of carbonyl (C=O) groups is 1. The molecule has 1 aromatic heterocycles. The Balaban J connectivity index is 2.13. The molecule has 8 heteroatoms. The van der Waals surface area contributed by atoms with E-state index < -0.39 is 16.2 Å². The second-order valence-electron chi connectivity index (χ2n) is 3.59. The zero-order chi connectivity index (χ0) is 13.9. The molecule has 0 fully saturated rings. The second kappa shape index (κ2) is 5.12. The Morgan fingerprint density at radius 1 is 1.16 bits per heavy atom. The summed E-state index contributed by atoms with van der Waals surface area (Å²) in [6.07, 6.45) is 1.37. The summed E-state index contributed by atoms with van der Waals surface area (Å²) in [6.45, 7) is 0. The van der Waals surface area contributed by atoms with Gasteiger partial charge in [-0.2, -0.15) is 8.42 Å². The van der Waals surface area contributed by atoms with E-state index in [4.69, 9.17) is 8.97 Å². The standard InChI is InChI=1S/C11H10N2O5S/c14-11(10-5-2-6-18-10)12-8-3-1-4-9(7-8)13-19(15,16)17/h1-7,13H,(H,12,14)(H,15,16,17). The van der Waals surface area contributed by atoms with Gasteiger partial charge in [-0.05, 0) is 30.3 Å². The van der Waals surface area contributed by atoms with Crippen LogP contribution in [0, 0.1) is 0 Å². The van der Waals surface area contributed by atoms with Crippen molar-refractivity contribution in [2.24, 2.45) is 0 Å². The average molecular weight is 282 g/mol. The van der Waals surface area contributed by atoms with Crippen molar-refractivity contribution in [3.8, 4) is 0 Å². The number of hydrogen-bond acceptors (Lipinski definition) is 4. The molecule has 1 heterocycles. The topological polar surface area (TPSA) is 109 Å². The molecule has 0 unspecified atom stereocenters. The van der Waals surface area contributed by atoms with Crippen LogP contribution in [-0.4, -0.2) is 18.9 Å². The number of hydrogen-bond donors (Lipinski definition) is 3. The molecule has 0 aliphatic rings. The van der Waals surface area contributed by atoms with Gasteiger partial charge in [0, 0.05) is 5.69 Å². The Bertz CT molecular complexity index is 679. The zero-order valence-electron chi connectivity index (χ0n) is 9.53. The zero-order valence-corrected chi connectivity index (χ0v) is 10.3. The summed E-state index contributed by atoms with van der Waals surface area (Å²) >= 11 is 0. The lowest BCUT2D eigenvalue weighted by Crippen LogP contribution is -2.12. The minimum absolute atomic E-state index is 0.125. The van der Waals surface area contributed by atoms with Crippen molar-refractivity contribution >= 4 is 27.6 Å². The van der Waals surface area contributed by atoms with E-state index in [0.717, 1.165) is 0 Å². The summed E-state index contributed by atoms with van der Waals surface area (Å²) in [6, 6.07) is 8.94. The van der Waals surface area contributed by atoms with Crippen molar-refractivity contribution in [3.05, 3.63) is 48.4 Å². The third-order valence-electron chi connectivity index (χ3n) is 2.11. The molecule has 2 aromatic rings. The molecule has 0 spiro atoms. The molecule has 1 amide bonds. The van der Waals surface area contributed by atoms with Crippen molar-refractivity contribution in [3.63, 3.8) is 0 Å². The maximum atomic E-state index is 11.7. The molecule has 3 N–H and O–H groups in total. The first-order chi connectivity index (χ1) is 8.94. The highest BCUT2D eigenvalue weighted by Crippen LogP contribution is 2.17. The van der Waals surface area contributed by atoms with Gasteiger partial charge in [-0.25, -0.2) is 0 Å². The summed E-state index contributed by atoms with van der Waals surface area (Å²) in [5, 5.41) is 2.52. The van der Waals surface area contributed by atoms with Crippen LogP contribution in [-0.2, 0) is 10.3 Å². The number of anilines is 2. The fraction of sp³-hybridized carbons (Fsp3) is 0. The van der Waals surface area contributed by atoms with Gasteiger partial charge in [-0.1, -0.05) is 6.07 Å². The molecule has 7 nitrogen and oxygen atoms in total. The van der Waals surface area contributed by atoms with Gasteiger partial charge in [0.1, 0.15) is 0 Å². The van der Waals surface area contributed by atoms with E-state index in [1.807, 2.05) is 4.72 Å². The number of amides is 1.